The first kappa shape index (κ1) is 10.5. The molecule has 0 amide bonds. The van der Waals surface area contributed by atoms with Crippen molar-refractivity contribution in [1.29, 1.82) is 0 Å². The van der Waals surface area contributed by atoms with Crippen LogP contribution in [0.5, 0.6) is 0 Å². The predicted molar refractivity (Wildman–Crippen MR) is 65.3 cm³/mol. The molecule has 2 fully saturated rings. The minimum atomic E-state index is 0.612. The van der Waals surface area contributed by atoms with Crippen molar-refractivity contribution in [3.05, 3.63) is 0 Å². The van der Waals surface area contributed by atoms with Gasteiger partial charge < -0.3 is 4.74 Å². The second kappa shape index (κ2) is 5.79. The van der Waals surface area contributed by atoms with E-state index in [0.717, 1.165) is 11.9 Å². The van der Waals surface area contributed by atoms with Gasteiger partial charge in [-0.15, -0.1) is 0 Å². The fourth-order valence-electron chi connectivity index (χ4n) is 1.10. The summed E-state index contributed by atoms with van der Waals surface area (Å²) < 4.78 is 5.15. The van der Waals surface area contributed by atoms with Gasteiger partial charge in [0.15, 0.2) is 0 Å². The van der Waals surface area contributed by atoms with Crippen LogP contribution in [0.25, 0.3) is 0 Å². The van der Waals surface area contributed by atoms with Crippen LogP contribution in [0.2, 0.25) is 0 Å². The minimum Gasteiger partial charge on any atom is -0.372 e. The van der Waals surface area contributed by atoms with E-state index in [-0.39, 0.29) is 0 Å². The first-order valence-electron chi connectivity index (χ1n) is 4.84. The van der Waals surface area contributed by atoms with Crippen LogP contribution in [0.4, 0.5) is 0 Å². The van der Waals surface area contributed by atoms with E-state index < -0.39 is 0 Å². The van der Waals surface area contributed by atoms with Crippen molar-refractivity contribution in [3.8, 4) is 0 Å². The molecule has 0 aliphatic carbocycles. The lowest BCUT2D eigenvalue weighted by Crippen LogP contribution is -2.21. The van der Waals surface area contributed by atoms with Gasteiger partial charge in [0, 0.05) is 22.5 Å². The topological polar surface area (TPSA) is 12.5 Å². The highest BCUT2D eigenvalue weighted by atomic mass is 32.2. The molecule has 0 bridgehead atoms. The van der Waals surface area contributed by atoms with Gasteiger partial charge in [0.1, 0.15) is 0 Å². The molecule has 2 heterocycles. The van der Waals surface area contributed by atoms with Gasteiger partial charge in [-0.25, -0.2) is 0 Å². The van der Waals surface area contributed by atoms with Gasteiger partial charge in [-0.05, 0) is 17.9 Å². The summed E-state index contributed by atoms with van der Waals surface area (Å²) in [5.41, 5.74) is 0. The van der Waals surface area contributed by atoms with E-state index in [1.807, 2.05) is 0 Å². The summed E-state index contributed by atoms with van der Waals surface area (Å²) >= 11 is 6.31. The molecule has 76 valence electrons. The Balaban J connectivity index is 1.32. The van der Waals surface area contributed by atoms with Crippen LogP contribution in [0.1, 0.15) is 6.42 Å². The lowest BCUT2D eigenvalue weighted by Gasteiger charge is -2.23. The first-order valence-corrected chi connectivity index (χ1v) is 8.19. The Morgan fingerprint density at radius 1 is 1.31 bits per heavy atom. The van der Waals surface area contributed by atoms with E-state index in [1.54, 1.807) is 0 Å². The third kappa shape index (κ3) is 4.36. The number of ether oxygens (including phenoxy) is 1. The average Bonchev–Trinajstić information content (AvgIpc) is 2.83. The molecule has 0 radical (unpaired) electrons. The van der Waals surface area contributed by atoms with Crippen molar-refractivity contribution >= 4 is 35.3 Å². The van der Waals surface area contributed by atoms with Crippen LogP contribution in [-0.4, -0.2) is 46.7 Å². The predicted octanol–water partition coefficient (Wildman–Crippen LogP) is 2.36. The Bertz CT molecular complexity index is 146. The van der Waals surface area contributed by atoms with E-state index in [2.05, 4.69) is 35.3 Å². The number of hydrogen-bond donors (Lipinski definition) is 0. The Hall–Kier alpha value is 1.01. The fourth-order valence-corrected chi connectivity index (χ4v) is 4.67. The third-order valence-corrected chi connectivity index (χ3v) is 6.31. The molecule has 1 unspecified atom stereocenters. The lowest BCUT2D eigenvalue weighted by atomic mass is 10.5. The standard InChI is InChI=1S/C9H16OS3/c1(2-11-5-8-4-10-8)3-13-9-6-12-7-9/h8-9H,1-7H2. The monoisotopic (exact) mass is 236 g/mol. The van der Waals surface area contributed by atoms with E-state index in [9.17, 15) is 0 Å². The Morgan fingerprint density at radius 2 is 2.15 bits per heavy atom. The molecule has 1 nitrogen and oxygen atoms in total. The van der Waals surface area contributed by atoms with Crippen molar-refractivity contribution < 1.29 is 4.74 Å². The van der Waals surface area contributed by atoms with Crippen molar-refractivity contribution in [2.45, 2.75) is 17.8 Å². The molecule has 2 aliphatic heterocycles. The van der Waals surface area contributed by atoms with Crippen LogP contribution in [0.15, 0.2) is 0 Å². The number of thioether (sulfide) groups is 3. The van der Waals surface area contributed by atoms with Crippen molar-refractivity contribution in [2.75, 3.05) is 35.4 Å². The number of epoxide rings is 1. The molecule has 2 saturated heterocycles. The summed E-state index contributed by atoms with van der Waals surface area (Å²) in [7, 11) is 0. The highest BCUT2D eigenvalue weighted by molar-refractivity contribution is 8.07. The summed E-state index contributed by atoms with van der Waals surface area (Å²) in [6, 6.07) is 0. The molecular formula is C9H16OS3. The molecule has 1 atom stereocenters. The van der Waals surface area contributed by atoms with Gasteiger partial charge in [0.25, 0.3) is 0 Å². The zero-order valence-corrected chi connectivity index (χ0v) is 10.2. The van der Waals surface area contributed by atoms with Crippen LogP contribution < -0.4 is 0 Å². The zero-order valence-electron chi connectivity index (χ0n) is 7.74. The molecule has 0 saturated carbocycles. The smallest absolute Gasteiger partial charge is 0.0900 e. The van der Waals surface area contributed by atoms with Crippen LogP contribution in [0.3, 0.4) is 0 Å². The summed E-state index contributed by atoms with van der Waals surface area (Å²) in [5.74, 6) is 6.71. The van der Waals surface area contributed by atoms with Gasteiger partial charge in [-0.2, -0.15) is 35.3 Å². The second-order valence-corrected chi connectivity index (χ2v) is 7.05. The van der Waals surface area contributed by atoms with Gasteiger partial charge in [0.05, 0.1) is 12.7 Å². The third-order valence-electron chi connectivity index (χ3n) is 2.10. The van der Waals surface area contributed by atoms with Gasteiger partial charge in [-0.3, -0.25) is 0 Å². The van der Waals surface area contributed by atoms with Crippen molar-refractivity contribution in [3.63, 3.8) is 0 Å². The van der Waals surface area contributed by atoms with E-state index in [4.69, 9.17) is 4.74 Å². The molecule has 0 aromatic rings. The van der Waals surface area contributed by atoms with Crippen molar-refractivity contribution in [1.82, 2.24) is 0 Å². The summed E-state index contributed by atoms with van der Waals surface area (Å²) in [4.78, 5) is 0. The van der Waals surface area contributed by atoms with Crippen LogP contribution in [-0.2, 0) is 4.74 Å². The second-order valence-electron chi connectivity index (χ2n) is 3.41. The van der Waals surface area contributed by atoms with Gasteiger partial charge >= 0.3 is 0 Å². The maximum Gasteiger partial charge on any atom is 0.0900 e. The van der Waals surface area contributed by atoms with Gasteiger partial charge in [0.2, 0.25) is 0 Å². The summed E-state index contributed by atoms with van der Waals surface area (Å²) in [6.07, 6.45) is 1.99. The summed E-state index contributed by atoms with van der Waals surface area (Å²) in [6.45, 7) is 1.01. The fraction of sp³-hybridized carbons (Fsp3) is 1.00. The molecular weight excluding hydrogens is 220 g/mol. The maximum absolute atomic E-state index is 5.15. The largest absolute Gasteiger partial charge is 0.372 e. The molecule has 0 spiro atoms. The number of rotatable bonds is 7. The van der Waals surface area contributed by atoms with Crippen LogP contribution in [0, 0.1) is 0 Å². The molecule has 0 aromatic carbocycles. The average molecular weight is 236 g/mol. The zero-order chi connectivity index (χ0) is 8.93. The Labute approximate surface area is 93.1 Å². The highest BCUT2D eigenvalue weighted by Crippen LogP contribution is 2.29. The molecule has 2 rings (SSSR count). The van der Waals surface area contributed by atoms with Gasteiger partial charge in [-0.1, -0.05) is 0 Å². The summed E-state index contributed by atoms with van der Waals surface area (Å²) in [5, 5.41) is 0.988. The highest BCUT2D eigenvalue weighted by Gasteiger charge is 2.21. The molecule has 0 aromatic heterocycles. The maximum atomic E-state index is 5.15. The van der Waals surface area contributed by atoms with E-state index in [1.165, 1.54) is 35.2 Å². The van der Waals surface area contributed by atoms with Crippen LogP contribution >= 0.6 is 35.3 Å². The molecule has 4 heteroatoms. The molecule has 13 heavy (non-hydrogen) atoms. The first-order chi connectivity index (χ1) is 6.45. The number of hydrogen-bond acceptors (Lipinski definition) is 4. The lowest BCUT2D eigenvalue weighted by molar-refractivity contribution is 0.426. The minimum absolute atomic E-state index is 0.612. The quantitative estimate of drug-likeness (QED) is 0.497. The normalized spacial score (nSPS) is 27.2. The SMILES string of the molecule is C(CSCC1CO1)CSC1CSC1. The van der Waals surface area contributed by atoms with E-state index in [0.29, 0.717) is 6.10 Å². The van der Waals surface area contributed by atoms with E-state index >= 15 is 0 Å². The molecule has 0 N–H and O–H groups in total. The molecule has 2 aliphatic rings. The van der Waals surface area contributed by atoms with Crippen molar-refractivity contribution in [2.24, 2.45) is 0 Å². The Kier molecular flexibility index (Phi) is 4.68. The Morgan fingerprint density at radius 3 is 2.77 bits per heavy atom.